The summed E-state index contributed by atoms with van der Waals surface area (Å²) in [6, 6.07) is 58.3. The van der Waals surface area contributed by atoms with Crippen LogP contribution in [0.4, 0.5) is 26.3 Å². The Kier molecular flexibility index (Phi) is 10.4. The number of benzene rings is 9. The van der Waals surface area contributed by atoms with Gasteiger partial charge in [-0.1, -0.05) is 115 Å². The first-order valence-corrected chi connectivity index (χ1v) is 23.1. The fraction of sp³-hybridized carbons (Fsp3) is 0.0656. The van der Waals surface area contributed by atoms with Crippen molar-refractivity contribution in [1.29, 1.82) is 0 Å². The van der Waals surface area contributed by atoms with Crippen LogP contribution in [0.25, 0.3) is 117 Å². The molecule has 12 aromatic rings. The number of hydrogen-bond donors (Lipinski definition) is 0. The lowest BCUT2D eigenvalue weighted by atomic mass is 9.96. The van der Waals surface area contributed by atoms with E-state index in [0.717, 1.165) is 68.5 Å². The number of hydrogen-bond acceptors (Lipinski definition) is 4. The summed E-state index contributed by atoms with van der Waals surface area (Å²) < 4.78 is 93.8. The minimum Gasteiger partial charge on any atom is -0.456 e. The summed E-state index contributed by atoms with van der Waals surface area (Å²) >= 11 is 0. The zero-order valence-corrected chi connectivity index (χ0v) is 38.4. The maximum absolute atomic E-state index is 14.2. The number of alkyl halides is 6. The Morgan fingerprint density at radius 1 is 0.361 bits per heavy atom. The maximum Gasteiger partial charge on any atom is 0.416 e. The quantitative estimate of drug-likeness (QED) is 0.149. The summed E-state index contributed by atoms with van der Waals surface area (Å²) in [6.07, 6.45) is -9.15. The molecule has 0 saturated heterocycles. The van der Waals surface area contributed by atoms with E-state index < -0.39 is 23.5 Å². The Morgan fingerprint density at radius 3 is 1.38 bits per heavy atom. The van der Waals surface area contributed by atoms with Gasteiger partial charge >= 0.3 is 12.4 Å². The lowest BCUT2D eigenvalue weighted by Crippen LogP contribution is -2.05. The Balaban J connectivity index is 1.14. The van der Waals surface area contributed by atoms with Gasteiger partial charge in [-0.3, -0.25) is 0 Å². The molecule has 11 heteroatoms. The van der Waals surface area contributed by atoms with Crippen LogP contribution in [-0.2, 0) is 12.4 Å². The van der Waals surface area contributed by atoms with Crippen molar-refractivity contribution >= 4 is 43.7 Å². The second kappa shape index (κ2) is 16.9. The standard InChI is InChI=1S/C61H38F6N4O/c1-35-25-43(29-45(27-35)60(62,63)64)40-19-22-52-49(31-40)50-32-41(44-26-36(2)28-46(30-44)61(65,66)67)20-23-53(50)71(52)54-24-18-39(42-17-21-48-47-15-9-10-16-55(47)72-56(48)34-42)33-51(54)59-69-57(37-11-5-3-6-12-37)68-58(70-59)38-13-7-4-8-14-38/h3-34H,1-2H3. The Bertz CT molecular complexity index is 3920. The third kappa shape index (κ3) is 8.02. The summed E-state index contributed by atoms with van der Waals surface area (Å²) in [6.45, 7) is 3.25. The monoisotopic (exact) mass is 956 g/mol. The SMILES string of the molecule is Cc1cc(-c2ccc3c(c2)c2cc(-c4cc(C)cc(C(F)(F)F)c4)ccc2n3-c2ccc(-c3ccc4c(c3)oc3ccccc34)cc2-c2nc(-c3ccccc3)nc(-c3ccccc3)n2)cc(C(F)(F)F)c1. The average Bonchev–Trinajstić information content (AvgIpc) is 3.92. The molecule has 0 atom stereocenters. The third-order valence-corrected chi connectivity index (χ3v) is 13.1. The molecule has 350 valence electrons. The van der Waals surface area contributed by atoms with Gasteiger partial charge in [-0.25, -0.2) is 15.0 Å². The molecule has 0 bridgehead atoms. The molecule has 0 aliphatic heterocycles. The van der Waals surface area contributed by atoms with Gasteiger partial charge < -0.3 is 8.98 Å². The van der Waals surface area contributed by atoms with Gasteiger partial charge in [0.25, 0.3) is 0 Å². The van der Waals surface area contributed by atoms with E-state index >= 15 is 0 Å². The van der Waals surface area contributed by atoms with Gasteiger partial charge in [0.15, 0.2) is 17.5 Å². The first kappa shape index (κ1) is 44.4. The average molecular weight is 957 g/mol. The lowest BCUT2D eigenvalue weighted by Gasteiger charge is -2.17. The molecule has 0 aliphatic carbocycles. The smallest absolute Gasteiger partial charge is 0.416 e. The summed E-state index contributed by atoms with van der Waals surface area (Å²) in [5.74, 6) is 1.26. The molecule has 0 amide bonds. The summed E-state index contributed by atoms with van der Waals surface area (Å²) in [7, 11) is 0. The molecule has 72 heavy (non-hydrogen) atoms. The molecule has 0 spiro atoms. The zero-order valence-electron chi connectivity index (χ0n) is 38.4. The summed E-state index contributed by atoms with van der Waals surface area (Å²) in [5, 5.41) is 3.32. The van der Waals surface area contributed by atoms with Gasteiger partial charge in [0.2, 0.25) is 0 Å². The van der Waals surface area contributed by atoms with Crippen molar-refractivity contribution < 1.29 is 30.8 Å². The van der Waals surface area contributed by atoms with Crippen molar-refractivity contribution in [2.45, 2.75) is 26.2 Å². The van der Waals surface area contributed by atoms with Gasteiger partial charge in [-0.05, 0) is 137 Å². The minimum absolute atomic E-state index is 0.367. The highest BCUT2D eigenvalue weighted by Gasteiger charge is 2.32. The zero-order chi connectivity index (χ0) is 49.5. The number of para-hydroxylation sites is 1. The number of nitrogens with zero attached hydrogens (tertiary/aromatic N) is 4. The molecular formula is C61H38F6N4O. The van der Waals surface area contributed by atoms with Gasteiger partial charge in [0, 0.05) is 38.2 Å². The normalized spacial score (nSPS) is 12.2. The van der Waals surface area contributed by atoms with Gasteiger partial charge in [-0.2, -0.15) is 26.3 Å². The van der Waals surface area contributed by atoms with Crippen LogP contribution in [0.1, 0.15) is 22.3 Å². The first-order chi connectivity index (χ1) is 34.7. The topological polar surface area (TPSA) is 56.7 Å². The second-order valence-corrected chi connectivity index (χ2v) is 18.0. The predicted molar refractivity (Wildman–Crippen MR) is 274 cm³/mol. The molecular weight excluding hydrogens is 919 g/mol. The molecule has 3 heterocycles. The second-order valence-electron chi connectivity index (χ2n) is 18.0. The minimum atomic E-state index is -4.57. The molecule has 5 nitrogen and oxygen atoms in total. The van der Waals surface area contributed by atoms with E-state index in [2.05, 4.69) is 10.6 Å². The highest BCUT2D eigenvalue weighted by Crippen LogP contribution is 2.43. The van der Waals surface area contributed by atoms with E-state index in [9.17, 15) is 26.3 Å². The van der Waals surface area contributed by atoms with Crippen molar-refractivity contribution in [3.8, 4) is 73.2 Å². The Labute approximate surface area is 408 Å². The highest BCUT2D eigenvalue weighted by atomic mass is 19.4. The van der Waals surface area contributed by atoms with Crippen LogP contribution in [-0.4, -0.2) is 19.5 Å². The van der Waals surface area contributed by atoms with E-state index in [1.165, 1.54) is 0 Å². The maximum atomic E-state index is 14.2. The van der Waals surface area contributed by atoms with Gasteiger partial charge in [0.1, 0.15) is 11.2 Å². The van der Waals surface area contributed by atoms with E-state index in [-0.39, 0.29) is 0 Å². The third-order valence-electron chi connectivity index (χ3n) is 13.1. The molecule has 0 fully saturated rings. The number of rotatable bonds is 7. The first-order valence-electron chi connectivity index (χ1n) is 23.1. The molecule has 0 aliphatic rings. The number of furan rings is 1. The van der Waals surface area contributed by atoms with E-state index in [4.69, 9.17) is 19.4 Å². The molecule has 0 N–H and O–H groups in total. The number of halogens is 6. The molecule has 12 rings (SSSR count). The van der Waals surface area contributed by atoms with Crippen LogP contribution in [0.3, 0.4) is 0 Å². The van der Waals surface area contributed by atoms with Crippen molar-refractivity contribution in [3.05, 3.63) is 216 Å². The van der Waals surface area contributed by atoms with E-state index in [0.29, 0.717) is 83.9 Å². The van der Waals surface area contributed by atoms with Crippen molar-refractivity contribution in [1.82, 2.24) is 19.5 Å². The fourth-order valence-corrected chi connectivity index (χ4v) is 9.79. The van der Waals surface area contributed by atoms with Gasteiger partial charge in [0.05, 0.1) is 27.8 Å². The molecule has 0 unspecified atom stereocenters. The molecule has 9 aromatic carbocycles. The lowest BCUT2D eigenvalue weighted by molar-refractivity contribution is -0.138. The molecule has 3 aromatic heterocycles. The van der Waals surface area contributed by atoms with E-state index in [1.54, 1.807) is 38.1 Å². The van der Waals surface area contributed by atoms with Crippen LogP contribution < -0.4 is 0 Å². The van der Waals surface area contributed by atoms with Crippen LogP contribution in [0.5, 0.6) is 0 Å². The van der Waals surface area contributed by atoms with Crippen LogP contribution >= 0.6 is 0 Å². The number of aryl methyl sites for hydroxylation is 2. The summed E-state index contributed by atoms with van der Waals surface area (Å²) in [5.41, 5.74) is 8.57. The van der Waals surface area contributed by atoms with E-state index in [1.807, 2.05) is 140 Å². The Hall–Kier alpha value is -8.83. The highest BCUT2D eigenvalue weighted by molar-refractivity contribution is 6.12. The van der Waals surface area contributed by atoms with Crippen molar-refractivity contribution in [3.63, 3.8) is 0 Å². The molecule has 0 radical (unpaired) electrons. The fourth-order valence-electron chi connectivity index (χ4n) is 9.79. The largest absolute Gasteiger partial charge is 0.456 e. The van der Waals surface area contributed by atoms with Crippen molar-refractivity contribution in [2.24, 2.45) is 0 Å². The van der Waals surface area contributed by atoms with Crippen LogP contribution in [0, 0.1) is 13.8 Å². The van der Waals surface area contributed by atoms with Crippen LogP contribution in [0.2, 0.25) is 0 Å². The predicted octanol–water partition coefficient (Wildman–Crippen LogP) is 17.5. The molecule has 0 saturated carbocycles. The number of fused-ring (bicyclic) bond motifs is 6. The summed E-state index contributed by atoms with van der Waals surface area (Å²) in [4.78, 5) is 15.3. The van der Waals surface area contributed by atoms with Crippen molar-refractivity contribution in [2.75, 3.05) is 0 Å². The van der Waals surface area contributed by atoms with Crippen LogP contribution in [0.15, 0.2) is 199 Å². The number of aromatic nitrogens is 4. The van der Waals surface area contributed by atoms with Gasteiger partial charge in [-0.15, -0.1) is 0 Å². The Morgan fingerprint density at radius 2 is 0.819 bits per heavy atom.